The minimum Gasteiger partial charge on any atom is -0.257 e. The molecule has 0 atom stereocenters. The Bertz CT molecular complexity index is 686. The van der Waals surface area contributed by atoms with Crippen molar-refractivity contribution in [3.63, 3.8) is 0 Å². The number of rotatable bonds is 4. The first kappa shape index (κ1) is 14.4. The Morgan fingerprint density at radius 3 is 1.41 bits per heavy atom. The van der Waals surface area contributed by atoms with Gasteiger partial charge >= 0.3 is 0 Å². The third kappa shape index (κ3) is 3.76. The van der Waals surface area contributed by atoms with Crippen LogP contribution in [-0.2, 0) is 12.8 Å². The maximum atomic E-state index is 12.9. The van der Waals surface area contributed by atoms with Gasteiger partial charge in [0.15, 0.2) is 0 Å². The lowest BCUT2D eigenvalue weighted by Crippen LogP contribution is -1.98. The van der Waals surface area contributed by atoms with Crippen molar-refractivity contribution in [2.75, 3.05) is 0 Å². The number of halogens is 2. The average molecular weight is 295 g/mol. The van der Waals surface area contributed by atoms with Gasteiger partial charge in [0.05, 0.1) is 0 Å². The second-order valence-electron chi connectivity index (χ2n) is 5.23. The highest BCUT2D eigenvalue weighted by Gasteiger charge is 2.02. The van der Waals surface area contributed by atoms with E-state index in [1.165, 1.54) is 24.3 Å². The second kappa shape index (κ2) is 6.48. The SMILES string of the molecule is Fc1ccc(Cc2cccc(Cc3ccc(F)cc3)n2)cc1. The molecule has 3 aromatic rings. The van der Waals surface area contributed by atoms with Crippen LogP contribution in [0.15, 0.2) is 66.7 Å². The molecule has 0 amide bonds. The quantitative estimate of drug-likeness (QED) is 0.688. The van der Waals surface area contributed by atoms with E-state index in [-0.39, 0.29) is 11.6 Å². The molecule has 0 N–H and O–H groups in total. The summed E-state index contributed by atoms with van der Waals surface area (Å²) in [5, 5.41) is 0. The second-order valence-corrected chi connectivity index (χ2v) is 5.23. The molecule has 0 aliphatic rings. The van der Waals surface area contributed by atoms with Gasteiger partial charge in [-0.1, -0.05) is 30.3 Å². The lowest BCUT2D eigenvalue weighted by atomic mass is 10.1. The molecule has 2 aromatic carbocycles. The van der Waals surface area contributed by atoms with Gasteiger partial charge in [-0.3, -0.25) is 4.98 Å². The van der Waals surface area contributed by atoms with Crippen LogP contribution in [0, 0.1) is 11.6 Å². The first-order valence-corrected chi connectivity index (χ1v) is 7.13. The van der Waals surface area contributed by atoms with Gasteiger partial charge in [0.2, 0.25) is 0 Å². The zero-order chi connectivity index (χ0) is 15.4. The molecule has 110 valence electrons. The van der Waals surface area contributed by atoms with Crippen LogP contribution in [0.3, 0.4) is 0 Å². The number of nitrogens with zero attached hydrogens (tertiary/aromatic N) is 1. The van der Waals surface area contributed by atoms with Crippen molar-refractivity contribution in [2.24, 2.45) is 0 Å². The van der Waals surface area contributed by atoms with Crippen molar-refractivity contribution in [3.8, 4) is 0 Å². The van der Waals surface area contributed by atoms with Crippen molar-refractivity contribution in [1.82, 2.24) is 4.98 Å². The van der Waals surface area contributed by atoms with Crippen LogP contribution >= 0.6 is 0 Å². The van der Waals surface area contributed by atoms with Crippen LogP contribution in [0.2, 0.25) is 0 Å². The zero-order valence-corrected chi connectivity index (χ0v) is 12.0. The van der Waals surface area contributed by atoms with Gasteiger partial charge in [-0.2, -0.15) is 0 Å². The summed E-state index contributed by atoms with van der Waals surface area (Å²) >= 11 is 0. The first-order valence-electron chi connectivity index (χ1n) is 7.13. The van der Waals surface area contributed by atoms with E-state index in [9.17, 15) is 8.78 Å². The third-order valence-corrected chi connectivity index (χ3v) is 3.46. The summed E-state index contributed by atoms with van der Waals surface area (Å²) in [6.45, 7) is 0. The third-order valence-electron chi connectivity index (χ3n) is 3.46. The van der Waals surface area contributed by atoms with Crippen LogP contribution in [0.1, 0.15) is 22.5 Å². The summed E-state index contributed by atoms with van der Waals surface area (Å²) in [5.41, 5.74) is 3.91. The maximum Gasteiger partial charge on any atom is 0.123 e. The van der Waals surface area contributed by atoms with Gasteiger partial charge in [-0.05, 0) is 47.5 Å². The Morgan fingerprint density at radius 2 is 1.00 bits per heavy atom. The molecule has 0 aliphatic heterocycles. The predicted molar refractivity (Wildman–Crippen MR) is 82.6 cm³/mol. The molecule has 0 saturated heterocycles. The largest absolute Gasteiger partial charge is 0.257 e. The number of pyridine rings is 1. The molecule has 0 saturated carbocycles. The van der Waals surface area contributed by atoms with Crippen molar-refractivity contribution in [3.05, 3.63) is 101 Å². The topological polar surface area (TPSA) is 12.9 Å². The summed E-state index contributed by atoms with van der Waals surface area (Å²) in [5.74, 6) is -0.469. The van der Waals surface area contributed by atoms with Crippen LogP contribution in [-0.4, -0.2) is 4.98 Å². The molecule has 0 unspecified atom stereocenters. The Morgan fingerprint density at radius 1 is 0.591 bits per heavy atom. The predicted octanol–water partition coefficient (Wildman–Crippen LogP) is 4.54. The van der Waals surface area contributed by atoms with E-state index in [1.807, 2.05) is 18.2 Å². The van der Waals surface area contributed by atoms with Gasteiger partial charge in [-0.25, -0.2) is 8.78 Å². The van der Waals surface area contributed by atoms with Crippen LogP contribution in [0.5, 0.6) is 0 Å². The molecule has 3 heteroatoms. The minimum absolute atomic E-state index is 0.234. The van der Waals surface area contributed by atoms with E-state index in [0.717, 1.165) is 22.5 Å². The Labute approximate surface area is 128 Å². The maximum absolute atomic E-state index is 12.9. The van der Waals surface area contributed by atoms with Gasteiger partial charge in [0.1, 0.15) is 11.6 Å². The normalized spacial score (nSPS) is 10.6. The Balaban J connectivity index is 1.74. The standard InChI is InChI=1S/C19H15F2N/c20-16-8-4-14(5-9-16)12-18-2-1-3-19(22-18)13-15-6-10-17(21)11-7-15/h1-11H,12-13H2. The van der Waals surface area contributed by atoms with Crippen molar-refractivity contribution in [2.45, 2.75) is 12.8 Å². The molecule has 0 fully saturated rings. The molecule has 1 nitrogen and oxygen atoms in total. The Hall–Kier alpha value is -2.55. The highest BCUT2D eigenvalue weighted by molar-refractivity contribution is 5.26. The smallest absolute Gasteiger partial charge is 0.123 e. The van der Waals surface area contributed by atoms with Crippen LogP contribution < -0.4 is 0 Å². The number of hydrogen-bond acceptors (Lipinski definition) is 1. The van der Waals surface area contributed by atoms with Crippen molar-refractivity contribution < 1.29 is 8.78 Å². The zero-order valence-electron chi connectivity index (χ0n) is 12.0. The molecule has 1 heterocycles. The Kier molecular flexibility index (Phi) is 4.24. The van der Waals surface area contributed by atoms with Gasteiger partial charge < -0.3 is 0 Å². The highest BCUT2D eigenvalue weighted by atomic mass is 19.1. The lowest BCUT2D eigenvalue weighted by molar-refractivity contribution is 0.627. The fraction of sp³-hybridized carbons (Fsp3) is 0.105. The average Bonchev–Trinajstić information content (AvgIpc) is 2.52. The van der Waals surface area contributed by atoms with E-state index in [2.05, 4.69) is 4.98 Å². The van der Waals surface area contributed by atoms with Crippen molar-refractivity contribution >= 4 is 0 Å². The van der Waals surface area contributed by atoms with Crippen LogP contribution in [0.4, 0.5) is 8.78 Å². The monoisotopic (exact) mass is 295 g/mol. The van der Waals surface area contributed by atoms with Gasteiger partial charge in [0, 0.05) is 24.2 Å². The lowest BCUT2D eigenvalue weighted by Gasteiger charge is -2.05. The molecular formula is C19H15F2N. The summed E-state index contributed by atoms with van der Waals surface area (Å²) in [6.07, 6.45) is 1.33. The molecule has 0 bridgehead atoms. The summed E-state index contributed by atoms with van der Waals surface area (Å²) in [7, 11) is 0. The molecule has 0 radical (unpaired) electrons. The fourth-order valence-corrected chi connectivity index (χ4v) is 2.35. The summed E-state index contributed by atoms with van der Waals surface area (Å²) < 4.78 is 25.8. The van der Waals surface area contributed by atoms with E-state index in [1.54, 1.807) is 24.3 Å². The van der Waals surface area contributed by atoms with E-state index >= 15 is 0 Å². The van der Waals surface area contributed by atoms with Crippen molar-refractivity contribution in [1.29, 1.82) is 0 Å². The molecule has 22 heavy (non-hydrogen) atoms. The van der Waals surface area contributed by atoms with Gasteiger partial charge in [-0.15, -0.1) is 0 Å². The molecular weight excluding hydrogens is 280 g/mol. The number of hydrogen-bond donors (Lipinski definition) is 0. The molecule has 0 aliphatic carbocycles. The number of benzene rings is 2. The number of aromatic nitrogens is 1. The summed E-state index contributed by atoms with van der Waals surface area (Å²) in [6, 6.07) is 18.8. The molecule has 1 aromatic heterocycles. The minimum atomic E-state index is -0.234. The molecule has 0 spiro atoms. The van der Waals surface area contributed by atoms with Gasteiger partial charge in [0.25, 0.3) is 0 Å². The van der Waals surface area contributed by atoms with E-state index in [4.69, 9.17) is 0 Å². The van der Waals surface area contributed by atoms with E-state index < -0.39 is 0 Å². The first-order chi connectivity index (χ1) is 10.7. The van der Waals surface area contributed by atoms with E-state index in [0.29, 0.717) is 12.8 Å². The molecule has 3 rings (SSSR count). The summed E-state index contributed by atoms with van der Waals surface area (Å²) in [4.78, 5) is 4.62. The van der Waals surface area contributed by atoms with Crippen LogP contribution in [0.25, 0.3) is 0 Å². The fourth-order valence-electron chi connectivity index (χ4n) is 2.35. The highest BCUT2D eigenvalue weighted by Crippen LogP contribution is 2.12.